The Morgan fingerprint density at radius 2 is 1.62 bits per heavy atom. The van der Waals surface area contributed by atoms with Gasteiger partial charge in [-0.15, -0.1) is 0 Å². The van der Waals surface area contributed by atoms with Crippen LogP contribution in [0.15, 0.2) is 53.4 Å². The van der Waals surface area contributed by atoms with Crippen molar-refractivity contribution in [3.63, 3.8) is 0 Å². The number of anilines is 2. The summed E-state index contributed by atoms with van der Waals surface area (Å²) < 4.78 is 28.2. The zero-order valence-electron chi connectivity index (χ0n) is 20.2. The maximum Gasteiger partial charge on any atom is 0.243 e. The smallest absolute Gasteiger partial charge is 0.243 e. The fourth-order valence-electron chi connectivity index (χ4n) is 4.73. The molecule has 2 heterocycles. The minimum atomic E-state index is -3.59. The molecule has 0 spiro atoms. The SMILES string of the molecule is C[C@@H](CC(=O)Nc1cc(S(=O)(=O)N2CCCCC2)ccc1N1CCN(C)CC1)c1ccccc1. The number of benzene rings is 2. The van der Waals surface area contributed by atoms with E-state index in [0.717, 1.165) is 56.7 Å². The van der Waals surface area contributed by atoms with Gasteiger partial charge in [-0.05, 0) is 49.6 Å². The lowest BCUT2D eigenvalue weighted by atomic mass is 9.97. The number of rotatable bonds is 7. The molecule has 2 aliphatic rings. The van der Waals surface area contributed by atoms with Crippen molar-refractivity contribution in [3.8, 4) is 0 Å². The first-order chi connectivity index (χ1) is 16.3. The molecule has 0 radical (unpaired) electrons. The molecule has 0 aromatic heterocycles. The Bertz CT molecular complexity index is 1080. The maximum absolute atomic E-state index is 13.3. The van der Waals surface area contributed by atoms with E-state index in [-0.39, 0.29) is 16.7 Å². The van der Waals surface area contributed by atoms with E-state index >= 15 is 0 Å². The van der Waals surface area contributed by atoms with Crippen LogP contribution in [0.2, 0.25) is 0 Å². The summed E-state index contributed by atoms with van der Waals surface area (Å²) in [7, 11) is -1.49. The fourth-order valence-corrected chi connectivity index (χ4v) is 6.28. The van der Waals surface area contributed by atoms with Crippen molar-refractivity contribution in [2.24, 2.45) is 0 Å². The summed E-state index contributed by atoms with van der Waals surface area (Å²) in [6.07, 6.45) is 3.17. The third kappa shape index (κ3) is 5.79. The Kier molecular flexibility index (Phi) is 7.91. The molecule has 34 heavy (non-hydrogen) atoms. The number of nitrogens with one attached hydrogen (secondary N) is 1. The van der Waals surface area contributed by atoms with E-state index in [1.807, 2.05) is 43.3 Å². The summed E-state index contributed by atoms with van der Waals surface area (Å²) in [6, 6.07) is 15.2. The highest BCUT2D eigenvalue weighted by Gasteiger charge is 2.28. The molecule has 1 amide bonds. The van der Waals surface area contributed by atoms with Crippen molar-refractivity contribution in [2.45, 2.75) is 43.4 Å². The van der Waals surface area contributed by atoms with Gasteiger partial charge in [0, 0.05) is 45.7 Å². The highest BCUT2D eigenvalue weighted by Crippen LogP contribution is 2.32. The lowest BCUT2D eigenvalue weighted by molar-refractivity contribution is -0.116. The van der Waals surface area contributed by atoms with E-state index in [1.54, 1.807) is 16.4 Å². The van der Waals surface area contributed by atoms with Gasteiger partial charge in [0.15, 0.2) is 0 Å². The molecule has 2 aliphatic heterocycles. The number of carbonyl (C=O) groups excluding carboxylic acids is 1. The standard InChI is InChI=1S/C26H36N4O3S/c1-21(22-9-5-3-6-10-22)19-26(31)27-24-20-23(34(32,33)30-13-7-4-8-14-30)11-12-25(24)29-17-15-28(2)16-18-29/h3,5-6,9-12,20-21H,4,7-8,13-19H2,1-2H3,(H,27,31)/t21-/m0/s1. The number of hydrogen-bond acceptors (Lipinski definition) is 5. The van der Waals surface area contributed by atoms with Gasteiger partial charge in [0.25, 0.3) is 0 Å². The normalized spacial score (nSPS) is 19.1. The summed E-state index contributed by atoms with van der Waals surface area (Å²) >= 11 is 0. The van der Waals surface area contributed by atoms with Gasteiger partial charge in [-0.3, -0.25) is 4.79 Å². The second-order valence-electron chi connectivity index (χ2n) is 9.50. The van der Waals surface area contributed by atoms with Crippen molar-refractivity contribution in [3.05, 3.63) is 54.1 Å². The molecule has 2 fully saturated rings. The number of hydrogen-bond donors (Lipinski definition) is 1. The lowest BCUT2D eigenvalue weighted by Crippen LogP contribution is -2.44. The first-order valence-corrected chi connectivity index (χ1v) is 13.7. The van der Waals surface area contributed by atoms with E-state index in [4.69, 9.17) is 0 Å². The van der Waals surface area contributed by atoms with Gasteiger partial charge in [-0.2, -0.15) is 4.31 Å². The molecule has 2 saturated heterocycles. The molecule has 2 aromatic rings. The number of piperazine rings is 1. The molecular formula is C26H36N4O3S. The number of carbonyl (C=O) groups is 1. The zero-order valence-corrected chi connectivity index (χ0v) is 21.1. The van der Waals surface area contributed by atoms with Crippen LogP contribution < -0.4 is 10.2 Å². The highest BCUT2D eigenvalue weighted by atomic mass is 32.2. The van der Waals surface area contributed by atoms with E-state index < -0.39 is 10.0 Å². The van der Waals surface area contributed by atoms with Crippen molar-refractivity contribution < 1.29 is 13.2 Å². The van der Waals surface area contributed by atoms with Gasteiger partial charge < -0.3 is 15.1 Å². The zero-order chi connectivity index (χ0) is 24.1. The van der Waals surface area contributed by atoms with Crippen LogP contribution in [-0.2, 0) is 14.8 Å². The predicted molar refractivity (Wildman–Crippen MR) is 137 cm³/mol. The van der Waals surface area contributed by atoms with Crippen LogP contribution >= 0.6 is 0 Å². The van der Waals surface area contributed by atoms with Crippen molar-refractivity contribution >= 4 is 27.3 Å². The molecule has 1 N–H and O–H groups in total. The number of nitrogens with zero attached hydrogens (tertiary/aromatic N) is 3. The predicted octanol–water partition coefficient (Wildman–Crippen LogP) is 3.75. The van der Waals surface area contributed by atoms with Crippen molar-refractivity contribution in [1.82, 2.24) is 9.21 Å². The Morgan fingerprint density at radius 1 is 0.941 bits per heavy atom. The molecule has 1 atom stereocenters. The Balaban J connectivity index is 1.59. The summed E-state index contributed by atoms with van der Waals surface area (Å²) in [6.45, 7) is 6.65. The largest absolute Gasteiger partial charge is 0.367 e. The second-order valence-corrected chi connectivity index (χ2v) is 11.4. The van der Waals surface area contributed by atoms with Crippen LogP contribution in [0.5, 0.6) is 0 Å². The Labute approximate surface area is 203 Å². The third-order valence-corrected chi connectivity index (χ3v) is 8.79. The second kappa shape index (κ2) is 10.9. The van der Waals surface area contributed by atoms with Gasteiger partial charge in [0.05, 0.1) is 16.3 Å². The molecule has 184 valence electrons. The molecular weight excluding hydrogens is 448 g/mol. The summed E-state index contributed by atoms with van der Waals surface area (Å²) in [4.78, 5) is 17.8. The van der Waals surface area contributed by atoms with Crippen LogP contribution in [-0.4, -0.2) is 69.8 Å². The minimum Gasteiger partial charge on any atom is -0.367 e. The van der Waals surface area contributed by atoms with Gasteiger partial charge >= 0.3 is 0 Å². The monoisotopic (exact) mass is 484 g/mol. The van der Waals surface area contributed by atoms with E-state index in [9.17, 15) is 13.2 Å². The van der Waals surface area contributed by atoms with Crippen LogP contribution in [0.4, 0.5) is 11.4 Å². The number of likely N-dealkylation sites (N-methyl/N-ethyl adjacent to an activating group) is 1. The first kappa shape index (κ1) is 24.7. The van der Waals surface area contributed by atoms with E-state index in [1.165, 1.54) is 0 Å². The lowest BCUT2D eigenvalue weighted by Gasteiger charge is -2.35. The molecule has 0 saturated carbocycles. The van der Waals surface area contributed by atoms with Crippen molar-refractivity contribution in [2.75, 3.05) is 56.5 Å². The van der Waals surface area contributed by atoms with Crippen LogP contribution in [0.3, 0.4) is 0 Å². The highest BCUT2D eigenvalue weighted by molar-refractivity contribution is 7.89. The van der Waals surface area contributed by atoms with E-state index in [0.29, 0.717) is 25.2 Å². The summed E-state index contributed by atoms with van der Waals surface area (Å²) in [5.74, 6) is -0.0483. The number of piperidine rings is 1. The molecule has 4 rings (SSSR count). The van der Waals surface area contributed by atoms with Crippen LogP contribution in [0, 0.1) is 0 Å². The summed E-state index contributed by atoms with van der Waals surface area (Å²) in [5.41, 5.74) is 2.57. The Morgan fingerprint density at radius 3 is 2.29 bits per heavy atom. The van der Waals surface area contributed by atoms with Crippen LogP contribution in [0.1, 0.15) is 44.1 Å². The third-order valence-electron chi connectivity index (χ3n) is 6.90. The van der Waals surface area contributed by atoms with Gasteiger partial charge in [-0.1, -0.05) is 43.7 Å². The molecule has 8 heteroatoms. The van der Waals surface area contributed by atoms with Crippen LogP contribution in [0.25, 0.3) is 0 Å². The molecule has 0 bridgehead atoms. The van der Waals surface area contributed by atoms with E-state index in [2.05, 4.69) is 22.2 Å². The number of amides is 1. The minimum absolute atomic E-state index is 0.0635. The first-order valence-electron chi connectivity index (χ1n) is 12.3. The topological polar surface area (TPSA) is 73.0 Å². The maximum atomic E-state index is 13.3. The van der Waals surface area contributed by atoms with Gasteiger partial charge in [-0.25, -0.2) is 8.42 Å². The quantitative estimate of drug-likeness (QED) is 0.648. The van der Waals surface area contributed by atoms with Crippen molar-refractivity contribution in [1.29, 1.82) is 0 Å². The number of sulfonamides is 1. The average molecular weight is 485 g/mol. The van der Waals surface area contributed by atoms with Gasteiger partial charge in [0.2, 0.25) is 15.9 Å². The molecule has 2 aromatic carbocycles. The molecule has 0 aliphatic carbocycles. The molecule has 0 unspecified atom stereocenters. The Hall–Kier alpha value is -2.42. The fraction of sp³-hybridized carbons (Fsp3) is 0.500. The molecule has 7 nitrogen and oxygen atoms in total. The van der Waals surface area contributed by atoms with Gasteiger partial charge in [0.1, 0.15) is 0 Å². The summed E-state index contributed by atoms with van der Waals surface area (Å²) in [5, 5.41) is 3.06. The average Bonchev–Trinajstić information content (AvgIpc) is 2.85.